The molecule has 3 aliphatic heterocycles. The molecular formula is C39H48BrN3O7. The molecule has 50 heavy (non-hydrogen) atoms. The van der Waals surface area contributed by atoms with Gasteiger partial charge in [-0.1, -0.05) is 109 Å². The van der Waals surface area contributed by atoms with Crippen LogP contribution < -0.4 is 5.32 Å². The molecule has 2 aromatic rings. The fourth-order valence-corrected chi connectivity index (χ4v) is 8.74. The summed E-state index contributed by atoms with van der Waals surface area (Å²) in [6, 6.07) is 16.3. The molecule has 3 amide bonds. The molecular weight excluding hydrogens is 702 g/mol. The first-order valence-electron chi connectivity index (χ1n) is 17.5. The van der Waals surface area contributed by atoms with E-state index in [-0.39, 0.29) is 36.2 Å². The molecule has 3 fully saturated rings. The van der Waals surface area contributed by atoms with Gasteiger partial charge < -0.3 is 29.7 Å². The van der Waals surface area contributed by atoms with E-state index in [1.54, 1.807) is 17.1 Å². The number of carbonyl (C=O) groups excluding carboxylic acids is 4. The summed E-state index contributed by atoms with van der Waals surface area (Å²) in [6.07, 6.45) is 5.53. The molecule has 1 unspecified atom stereocenters. The molecule has 0 aromatic heterocycles. The number of nitrogens with zero attached hydrogens (tertiary/aromatic N) is 2. The number of amides is 3. The summed E-state index contributed by atoms with van der Waals surface area (Å²) in [5, 5.41) is 13.7. The van der Waals surface area contributed by atoms with Crippen LogP contribution in [0, 0.1) is 11.8 Å². The average molecular weight is 751 g/mol. The summed E-state index contributed by atoms with van der Waals surface area (Å²) in [5.74, 6) is -3.65. The summed E-state index contributed by atoms with van der Waals surface area (Å²) in [4.78, 5) is 59.4. The van der Waals surface area contributed by atoms with Crippen LogP contribution in [0.3, 0.4) is 0 Å². The Labute approximate surface area is 303 Å². The summed E-state index contributed by atoms with van der Waals surface area (Å²) in [6.45, 7) is 9.99. The van der Waals surface area contributed by atoms with Crippen molar-refractivity contribution in [1.29, 1.82) is 0 Å². The minimum absolute atomic E-state index is 0.0353. The first-order chi connectivity index (χ1) is 24.2. The van der Waals surface area contributed by atoms with Gasteiger partial charge in [-0.05, 0) is 30.4 Å². The Bertz CT molecular complexity index is 1520. The highest BCUT2D eigenvalue weighted by atomic mass is 79.9. The van der Waals surface area contributed by atoms with Crippen molar-refractivity contribution in [1.82, 2.24) is 15.1 Å². The number of hydrogen-bond acceptors (Lipinski definition) is 7. The van der Waals surface area contributed by atoms with Crippen LogP contribution in [0.1, 0.15) is 68.7 Å². The molecule has 2 aromatic carbocycles. The summed E-state index contributed by atoms with van der Waals surface area (Å²) in [7, 11) is 0. The number of ether oxygens (including phenoxy) is 2. The van der Waals surface area contributed by atoms with Crippen LogP contribution in [0.25, 0.3) is 0 Å². The minimum atomic E-state index is -1.34. The van der Waals surface area contributed by atoms with Crippen molar-refractivity contribution >= 4 is 39.6 Å². The molecule has 2 N–H and O–H groups in total. The van der Waals surface area contributed by atoms with Crippen molar-refractivity contribution in [2.45, 2.75) is 80.2 Å². The topological polar surface area (TPSA) is 125 Å². The number of unbranched alkanes of at least 4 members (excludes halogenated alkanes) is 2. The third-order valence-electron chi connectivity index (χ3n) is 10.1. The van der Waals surface area contributed by atoms with E-state index in [1.807, 2.05) is 60.7 Å². The van der Waals surface area contributed by atoms with Crippen LogP contribution in [0.5, 0.6) is 0 Å². The Morgan fingerprint density at radius 1 is 1.10 bits per heavy atom. The maximum Gasteiger partial charge on any atom is 0.313 e. The van der Waals surface area contributed by atoms with Crippen molar-refractivity contribution in [2.24, 2.45) is 11.8 Å². The molecule has 1 spiro atoms. The lowest BCUT2D eigenvalue weighted by Crippen LogP contribution is -2.57. The van der Waals surface area contributed by atoms with Crippen LogP contribution in [0.2, 0.25) is 0 Å². The fourth-order valence-electron chi connectivity index (χ4n) is 7.80. The van der Waals surface area contributed by atoms with Gasteiger partial charge in [0, 0.05) is 24.3 Å². The first-order valence-corrected chi connectivity index (χ1v) is 18.5. The van der Waals surface area contributed by atoms with E-state index in [0.29, 0.717) is 30.5 Å². The zero-order valence-corrected chi connectivity index (χ0v) is 30.2. The van der Waals surface area contributed by atoms with E-state index >= 15 is 0 Å². The largest absolute Gasteiger partial charge is 0.455 e. The van der Waals surface area contributed by atoms with Gasteiger partial charge in [0.05, 0.1) is 37.1 Å². The monoisotopic (exact) mass is 749 g/mol. The second-order valence-electron chi connectivity index (χ2n) is 13.3. The third kappa shape index (κ3) is 7.45. The zero-order valence-electron chi connectivity index (χ0n) is 28.6. The number of alkyl halides is 1. The van der Waals surface area contributed by atoms with Gasteiger partial charge in [-0.15, -0.1) is 13.2 Å². The minimum Gasteiger partial charge on any atom is -0.455 e. The lowest BCUT2D eigenvalue weighted by atomic mass is 9.70. The maximum atomic E-state index is 14.8. The number of likely N-dealkylation sites (tertiary alicyclic amines) is 1. The van der Waals surface area contributed by atoms with Gasteiger partial charge >= 0.3 is 5.97 Å². The number of hydrogen-bond donors (Lipinski definition) is 2. The molecule has 5 rings (SSSR count). The molecule has 8 atom stereocenters. The Kier molecular flexibility index (Phi) is 12.7. The van der Waals surface area contributed by atoms with Gasteiger partial charge in [-0.25, -0.2) is 0 Å². The van der Waals surface area contributed by atoms with Crippen LogP contribution in [-0.4, -0.2) is 87.4 Å². The van der Waals surface area contributed by atoms with Crippen molar-refractivity contribution in [3.05, 3.63) is 97.1 Å². The van der Waals surface area contributed by atoms with Gasteiger partial charge in [0.1, 0.15) is 17.7 Å². The number of nitrogens with one attached hydrogen (secondary N) is 1. The predicted octanol–water partition coefficient (Wildman–Crippen LogP) is 5.04. The van der Waals surface area contributed by atoms with E-state index in [2.05, 4.69) is 41.3 Å². The highest BCUT2D eigenvalue weighted by Gasteiger charge is 2.77. The molecule has 0 aliphatic carbocycles. The molecule has 0 saturated carbocycles. The van der Waals surface area contributed by atoms with E-state index in [0.717, 1.165) is 19.3 Å². The Hall–Kier alpha value is -3.80. The van der Waals surface area contributed by atoms with Gasteiger partial charge in [0.2, 0.25) is 17.7 Å². The number of aliphatic hydroxyl groups is 1. The number of allylic oxidation sites excluding steroid dienone is 1. The summed E-state index contributed by atoms with van der Waals surface area (Å²) in [5.41, 5.74) is 0.00624. The number of rotatable bonds is 18. The second kappa shape index (κ2) is 16.9. The molecule has 10 nitrogen and oxygen atoms in total. The number of carbonyl (C=O) groups is 4. The van der Waals surface area contributed by atoms with Crippen molar-refractivity contribution in [2.75, 3.05) is 26.2 Å². The van der Waals surface area contributed by atoms with Gasteiger partial charge in [-0.3, -0.25) is 19.2 Å². The van der Waals surface area contributed by atoms with E-state index < -0.39 is 60.2 Å². The molecule has 3 aliphatic rings. The first kappa shape index (κ1) is 37.5. The molecule has 11 heteroatoms. The van der Waals surface area contributed by atoms with Gasteiger partial charge in [-0.2, -0.15) is 0 Å². The van der Waals surface area contributed by atoms with Gasteiger partial charge in [0.25, 0.3) is 0 Å². The third-order valence-corrected chi connectivity index (χ3v) is 11.0. The van der Waals surface area contributed by atoms with E-state index in [4.69, 9.17) is 9.47 Å². The lowest BCUT2D eigenvalue weighted by molar-refractivity contribution is -0.161. The average Bonchev–Trinajstić information content (AvgIpc) is 3.73. The highest BCUT2D eigenvalue weighted by Crippen LogP contribution is 2.61. The van der Waals surface area contributed by atoms with E-state index in [9.17, 15) is 24.3 Å². The Balaban J connectivity index is 1.52. The molecule has 3 heterocycles. The smallest absolute Gasteiger partial charge is 0.313 e. The molecule has 268 valence electrons. The van der Waals surface area contributed by atoms with Crippen molar-refractivity contribution in [3.8, 4) is 0 Å². The van der Waals surface area contributed by atoms with Crippen LogP contribution in [-0.2, 0) is 28.7 Å². The zero-order chi connectivity index (χ0) is 35.8. The standard InChI is InChI=1S/C39H48BrN3O7/c1-4-7-15-22-42(21-6-3)37(47)35-39-23-28(40)34(50-39)32(33(39)36(46)43(35)29(25-44)26-16-11-9-12-17-26)38(48)49-30(27-18-13-10-14-19-27)24-41-31(45)20-8-5-2/h5-6,9-14,16-19,28-30,32-35,44H,2-4,7-8,15,20-25H2,1H3,(H,41,45)/t28?,29-,30-,32-,33+,34-,35-,39+/m1/s1. The SMILES string of the molecule is C=CCCC(=O)NC[C@@H](OC(=O)[C@H]1[C@@H]2O[C@@]3(CC2Br)[C@@H]1C(=O)N([C@H](CO)c1ccccc1)[C@@H]3C(=O)N(CC=C)CCCCC)c1ccccc1. The van der Waals surface area contributed by atoms with Gasteiger partial charge in [0.15, 0.2) is 0 Å². The maximum absolute atomic E-state index is 14.8. The Morgan fingerprint density at radius 3 is 2.40 bits per heavy atom. The number of aliphatic hydroxyl groups excluding tert-OH is 1. The summed E-state index contributed by atoms with van der Waals surface area (Å²) >= 11 is 3.74. The number of halogens is 1. The normalized spacial score (nSPS) is 26.2. The second-order valence-corrected chi connectivity index (χ2v) is 14.4. The number of fused-ring (bicyclic) bond motifs is 1. The van der Waals surface area contributed by atoms with E-state index in [1.165, 1.54) is 4.90 Å². The lowest BCUT2D eigenvalue weighted by Gasteiger charge is -2.39. The molecule has 3 saturated heterocycles. The van der Waals surface area contributed by atoms with Crippen LogP contribution in [0.4, 0.5) is 0 Å². The van der Waals surface area contributed by atoms with Crippen LogP contribution in [0.15, 0.2) is 86.0 Å². The predicted molar refractivity (Wildman–Crippen MR) is 193 cm³/mol. The quantitative estimate of drug-likeness (QED) is 0.0948. The fraction of sp³-hybridized carbons (Fsp3) is 0.487. The van der Waals surface area contributed by atoms with Crippen molar-refractivity contribution in [3.63, 3.8) is 0 Å². The number of esters is 1. The molecule has 2 bridgehead atoms. The number of benzene rings is 2. The molecule has 0 radical (unpaired) electrons. The highest BCUT2D eigenvalue weighted by molar-refractivity contribution is 9.09. The van der Waals surface area contributed by atoms with Crippen LogP contribution >= 0.6 is 15.9 Å². The van der Waals surface area contributed by atoms with Crippen molar-refractivity contribution < 1.29 is 33.8 Å². The summed E-state index contributed by atoms with van der Waals surface area (Å²) < 4.78 is 12.9. The Morgan fingerprint density at radius 2 is 1.78 bits per heavy atom.